The zero-order chi connectivity index (χ0) is 14.4. The lowest BCUT2D eigenvalue weighted by Crippen LogP contribution is -2.29. The lowest BCUT2D eigenvalue weighted by molar-refractivity contribution is -0.131. The molecule has 0 radical (unpaired) electrons. The van der Waals surface area contributed by atoms with Crippen LogP contribution in [0.3, 0.4) is 0 Å². The van der Waals surface area contributed by atoms with Crippen LogP contribution in [0.4, 0.5) is 0 Å². The Morgan fingerprint density at radius 3 is 2.80 bits per heavy atom. The second kappa shape index (κ2) is 6.81. The number of benzene rings is 1. The lowest BCUT2D eigenvalue weighted by Gasteiger charge is -2.17. The summed E-state index contributed by atoms with van der Waals surface area (Å²) in [6, 6.07) is 9.82. The fraction of sp³-hybridized carbons (Fsp3) is 0.357. The molecular weight excluding hydrogens is 256 g/mol. The number of likely N-dealkylation sites (N-methyl/N-ethyl adjacent to an activating group) is 1. The van der Waals surface area contributed by atoms with E-state index in [-0.39, 0.29) is 19.1 Å². The maximum Gasteiger partial charge on any atom is 0.244 e. The number of amides is 1. The van der Waals surface area contributed by atoms with Crippen molar-refractivity contribution in [1.29, 1.82) is 0 Å². The number of aromatic nitrogens is 3. The van der Waals surface area contributed by atoms with Crippen LogP contribution in [-0.2, 0) is 24.3 Å². The molecule has 2 aromatic rings. The Morgan fingerprint density at radius 1 is 1.35 bits per heavy atom. The van der Waals surface area contributed by atoms with Crippen LogP contribution in [0, 0.1) is 0 Å². The van der Waals surface area contributed by atoms with E-state index >= 15 is 0 Å². The van der Waals surface area contributed by atoms with Crippen LogP contribution < -0.4 is 0 Å². The number of rotatable bonds is 6. The summed E-state index contributed by atoms with van der Waals surface area (Å²) >= 11 is 0. The van der Waals surface area contributed by atoms with Gasteiger partial charge in [-0.1, -0.05) is 35.5 Å². The molecule has 0 bridgehead atoms. The molecule has 0 aliphatic heterocycles. The van der Waals surface area contributed by atoms with E-state index in [0.717, 1.165) is 5.56 Å². The molecule has 1 N–H and O–H groups in total. The fourth-order valence-corrected chi connectivity index (χ4v) is 1.85. The van der Waals surface area contributed by atoms with Crippen LogP contribution >= 0.6 is 0 Å². The second-order valence-corrected chi connectivity index (χ2v) is 4.62. The van der Waals surface area contributed by atoms with Crippen LogP contribution in [0.1, 0.15) is 11.3 Å². The number of nitrogens with zero attached hydrogens (tertiary/aromatic N) is 4. The molecule has 1 heterocycles. The minimum atomic E-state index is -0.0331. The average molecular weight is 274 g/mol. The van der Waals surface area contributed by atoms with E-state index in [1.54, 1.807) is 18.1 Å². The lowest BCUT2D eigenvalue weighted by atomic mass is 10.2. The highest BCUT2D eigenvalue weighted by Crippen LogP contribution is 2.03. The first-order valence-corrected chi connectivity index (χ1v) is 6.47. The first kappa shape index (κ1) is 14.2. The van der Waals surface area contributed by atoms with Crippen molar-refractivity contribution in [2.24, 2.45) is 0 Å². The van der Waals surface area contributed by atoms with Crippen molar-refractivity contribution < 1.29 is 9.90 Å². The third-order valence-corrected chi connectivity index (χ3v) is 2.94. The minimum Gasteiger partial charge on any atom is -0.396 e. The minimum absolute atomic E-state index is 0.0283. The van der Waals surface area contributed by atoms with Crippen LogP contribution in [0.25, 0.3) is 0 Å². The third kappa shape index (κ3) is 3.89. The summed E-state index contributed by atoms with van der Waals surface area (Å²) in [5.74, 6) is -0.0331. The summed E-state index contributed by atoms with van der Waals surface area (Å²) in [6.07, 6.45) is 2.14. The number of hydrogen-bond donors (Lipinski definition) is 1. The van der Waals surface area contributed by atoms with E-state index in [2.05, 4.69) is 10.3 Å². The van der Waals surface area contributed by atoms with Crippen molar-refractivity contribution in [2.75, 3.05) is 13.7 Å². The molecule has 2 rings (SSSR count). The largest absolute Gasteiger partial charge is 0.396 e. The van der Waals surface area contributed by atoms with Gasteiger partial charge in [0.15, 0.2) is 0 Å². The standard InChI is InChI=1S/C14H18N4O2/c1-17(9-12-5-3-2-4-6-12)14(20)11-18-10-13(7-8-19)15-16-18/h2-6,10,19H,7-9,11H2,1H3. The molecule has 0 aliphatic carbocycles. The summed E-state index contributed by atoms with van der Waals surface area (Å²) in [6.45, 7) is 0.750. The predicted molar refractivity (Wildman–Crippen MR) is 73.7 cm³/mol. The summed E-state index contributed by atoms with van der Waals surface area (Å²) < 4.78 is 1.49. The molecule has 0 unspecified atom stereocenters. The molecule has 1 amide bonds. The van der Waals surface area contributed by atoms with Gasteiger partial charge in [-0.15, -0.1) is 5.10 Å². The van der Waals surface area contributed by atoms with Gasteiger partial charge in [0, 0.05) is 32.8 Å². The van der Waals surface area contributed by atoms with Crippen LogP contribution in [-0.4, -0.2) is 44.6 Å². The van der Waals surface area contributed by atoms with Crippen LogP contribution in [0.5, 0.6) is 0 Å². The molecular formula is C14H18N4O2. The Kier molecular flexibility index (Phi) is 4.84. The molecule has 1 aromatic heterocycles. The van der Waals surface area contributed by atoms with Gasteiger partial charge in [0.25, 0.3) is 0 Å². The molecule has 106 valence electrons. The van der Waals surface area contributed by atoms with E-state index in [9.17, 15) is 4.79 Å². The Labute approximate surface area is 117 Å². The Bertz CT molecular complexity index is 553. The van der Waals surface area contributed by atoms with Crippen molar-refractivity contribution in [3.8, 4) is 0 Å². The molecule has 6 heteroatoms. The molecule has 1 aromatic carbocycles. The van der Waals surface area contributed by atoms with Gasteiger partial charge in [0.05, 0.1) is 5.69 Å². The fourth-order valence-electron chi connectivity index (χ4n) is 1.85. The van der Waals surface area contributed by atoms with E-state index in [1.807, 2.05) is 30.3 Å². The van der Waals surface area contributed by atoms with E-state index < -0.39 is 0 Å². The first-order valence-electron chi connectivity index (χ1n) is 6.47. The highest BCUT2D eigenvalue weighted by atomic mass is 16.3. The maximum absolute atomic E-state index is 12.1. The van der Waals surface area contributed by atoms with Gasteiger partial charge in [-0.25, -0.2) is 4.68 Å². The predicted octanol–water partition coefficient (Wildman–Crippen LogP) is 0.471. The monoisotopic (exact) mass is 274 g/mol. The van der Waals surface area contributed by atoms with Crippen molar-refractivity contribution >= 4 is 5.91 Å². The van der Waals surface area contributed by atoms with E-state index in [1.165, 1.54) is 4.68 Å². The van der Waals surface area contributed by atoms with Crippen LogP contribution in [0.2, 0.25) is 0 Å². The highest BCUT2D eigenvalue weighted by Gasteiger charge is 2.11. The van der Waals surface area contributed by atoms with Crippen molar-refractivity contribution in [1.82, 2.24) is 19.9 Å². The van der Waals surface area contributed by atoms with Crippen molar-refractivity contribution in [3.05, 3.63) is 47.8 Å². The summed E-state index contributed by atoms with van der Waals surface area (Å²) in [5.41, 5.74) is 1.77. The quantitative estimate of drug-likeness (QED) is 0.831. The van der Waals surface area contributed by atoms with Gasteiger partial charge < -0.3 is 10.0 Å². The van der Waals surface area contributed by atoms with Gasteiger partial charge in [0.1, 0.15) is 6.54 Å². The summed E-state index contributed by atoms with van der Waals surface area (Å²) in [7, 11) is 1.76. The third-order valence-electron chi connectivity index (χ3n) is 2.94. The molecule has 0 fully saturated rings. The first-order chi connectivity index (χ1) is 9.69. The number of aliphatic hydroxyl groups excluding tert-OH is 1. The number of carbonyl (C=O) groups is 1. The average Bonchev–Trinajstić information content (AvgIpc) is 2.87. The topological polar surface area (TPSA) is 71.2 Å². The van der Waals surface area contributed by atoms with Crippen molar-refractivity contribution in [2.45, 2.75) is 19.5 Å². The van der Waals surface area contributed by atoms with Gasteiger partial charge in [0.2, 0.25) is 5.91 Å². The molecule has 0 saturated carbocycles. The Balaban J connectivity index is 1.90. The molecule has 0 atom stereocenters. The SMILES string of the molecule is CN(Cc1ccccc1)C(=O)Cn1cc(CCO)nn1. The number of hydrogen-bond acceptors (Lipinski definition) is 4. The number of carbonyl (C=O) groups excluding carboxylic acids is 1. The zero-order valence-corrected chi connectivity index (χ0v) is 11.4. The van der Waals surface area contributed by atoms with Gasteiger partial charge in [-0.3, -0.25) is 4.79 Å². The summed E-state index contributed by atoms with van der Waals surface area (Å²) in [5, 5.41) is 16.6. The summed E-state index contributed by atoms with van der Waals surface area (Å²) in [4.78, 5) is 13.7. The normalized spacial score (nSPS) is 10.5. The molecule has 6 nitrogen and oxygen atoms in total. The van der Waals surface area contributed by atoms with Gasteiger partial charge in [-0.05, 0) is 5.56 Å². The van der Waals surface area contributed by atoms with Gasteiger partial charge in [-0.2, -0.15) is 0 Å². The maximum atomic E-state index is 12.1. The van der Waals surface area contributed by atoms with Crippen molar-refractivity contribution in [3.63, 3.8) is 0 Å². The smallest absolute Gasteiger partial charge is 0.244 e. The Morgan fingerprint density at radius 2 is 2.10 bits per heavy atom. The van der Waals surface area contributed by atoms with Crippen LogP contribution in [0.15, 0.2) is 36.5 Å². The second-order valence-electron chi connectivity index (χ2n) is 4.62. The molecule has 0 aliphatic rings. The van der Waals surface area contributed by atoms with Gasteiger partial charge >= 0.3 is 0 Å². The molecule has 0 spiro atoms. The Hall–Kier alpha value is -2.21. The van der Waals surface area contributed by atoms with E-state index in [4.69, 9.17) is 5.11 Å². The highest BCUT2D eigenvalue weighted by molar-refractivity contribution is 5.75. The molecule has 0 saturated heterocycles. The number of aliphatic hydroxyl groups is 1. The molecule has 20 heavy (non-hydrogen) atoms. The zero-order valence-electron chi connectivity index (χ0n) is 11.4. The van der Waals surface area contributed by atoms with E-state index in [0.29, 0.717) is 18.7 Å².